The second-order valence-electron chi connectivity index (χ2n) is 5.15. The van der Waals surface area contributed by atoms with Crippen molar-refractivity contribution in [2.45, 2.75) is 25.3 Å². The molecule has 2 atom stereocenters. The van der Waals surface area contributed by atoms with Crippen LogP contribution in [0.1, 0.15) is 30.0 Å². The first-order chi connectivity index (χ1) is 8.86. The molecule has 4 heteroatoms. The SMILES string of the molecule is NNC(CC1CCOC1)c1ccc2c(c1)CCO2. The highest BCUT2D eigenvalue weighted by Crippen LogP contribution is 2.31. The molecule has 0 bridgehead atoms. The van der Waals surface area contributed by atoms with Gasteiger partial charge in [0.05, 0.1) is 6.61 Å². The van der Waals surface area contributed by atoms with Gasteiger partial charge in [0.15, 0.2) is 0 Å². The van der Waals surface area contributed by atoms with Crippen LogP contribution in [0.2, 0.25) is 0 Å². The molecule has 2 aliphatic heterocycles. The maximum atomic E-state index is 5.71. The summed E-state index contributed by atoms with van der Waals surface area (Å²) in [5.74, 6) is 7.35. The maximum absolute atomic E-state index is 5.71. The van der Waals surface area contributed by atoms with Crippen LogP contribution in [0.5, 0.6) is 5.75 Å². The Kier molecular flexibility index (Phi) is 3.50. The van der Waals surface area contributed by atoms with Gasteiger partial charge in [-0.2, -0.15) is 0 Å². The Morgan fingerprint density at radius 1 is 1.39 bits per heavy atom. The Hall–Kier alpha value is -1.10. The lowest BCUT2D eigenvalue weighted by Crippen LogP contribution is -2.29. The summed E-state index contributed by atoms with van der Waals surface area (Å²) in [5.41, 5.74) is 5.50. The molecule has 0 radical (unpaired) electrons. The number of nitrogens with one attached hydrogen (secondary N) is 1. The summed E-state index contributed by atoms with van der Waals surface area (Å²) >= 11 is 0. The van der Waals surface area contributed by atoms with Gasteiger partial charge in [0, 0.05) is 25.7 Å². The topological polar surface area (TPSA) is 56.5 Å². The molecule has 2 aliphatic rings. The maximum Gasteiger partial charge on any atom is 0.122 e. The van der Waals surface area contributed by atoms with E-state index in [2.05, 4.69) is 23.6 Å². The molecule has 1 aromatic carbocycles. The van der Waals surface area contributed by atoms with Crippen molar-refractivity contribution in [1.82, 2.24) is 5.43 Å². The molecular weight excluding hydrogens is 228 g/mol. The van der Waals surface area contributed by atoms with Crippen LogP contribution in [0.3, 0.4) is 0 Å². The largest absolute Gasteiger partial charge is 0.493 e. The smallest absolute Gasteiger partial charge is 0.122 e. The standard InChI is InChI=1S/C14H20N2O2/c15-16-13(7-10-3-5-17-9-10)11-1-2-14-12(8-11)4-6-18-14/h1-2,8,10,13,16H,3-7,9,15H2. The third-order valence-corrected chi connectivity index (χ3v) is 3.91. The van der Waals surface area contributed by atoms with Gasteiger partial charge in [0.2, 0.25) is 0 Å². The third kappa shape index (κ3) is 2.36. The summed E-state index contributed by atoms with van der Waals surface area (Å²) in [6.07, 6.45) is 3.19. The van der Waals surface area contributed by atoms with Gasteiger partial charge in [0.1, 0.15) is 5.75 Å². The lowest BCUT2D eigenvalue weighted by molar-refractivity contribution is 0.181. The molecule has 3 rings (SSSR count). The van der Waals surface area contributed by atoms with Crippen LogP contribution >= 0.6 is 0 Å². The second-order valence-corrected chi connectivity index (χ2v) is 5.15. The first-order valence-electron chi connectivity index (χ1n) is 6.66. The van der Waals surface area contributed by atoms with Crippen LogP contribution in [0, 0.1) is 5.92 Å². The molecular formula is C14H20N2O2. The molecule has 4 nitrogen and oxygen atoms in total. The lowest BCUT2D eigenvalue weighted by atomic mass is 9.93. The van der Waals surface area contributed by atoms with Crippen molar-refractivity contribution < 1.29 is 9.47 Å². The van der Waals surface area contributed by atoms with E-state index < -0.39 is 0 Å². The zero-order valence-electron chi connectivity index (χ0n) is 10.5. The fourth-order valence-electron chi connectivity index (χ4n) is 2.83. The number of rotatable bonds is 4. The van der Waals surface area contributed by atoms with Crippen LogP contribution < -0.4 is 16.0 Å². The van der Waals surface area contributed by atoms with Crippen molar-refractivity contribution in [3.05, 3.63) is 29.3 Å². The van der Waals surface area contributed by atoms with E-state index in [4.69, 9.17) is 15.3 Å². The minimum atomic E-state index is 0.211. The number of nitrogens with two attached hydrogens (primary N) is 1. The highest BCUT2D eigenvalue weighted by molar-refractivity contribution is 5.40. The fraction of sp³-hybridized carbons (Fsp3) is 0.571. The molecule has 0 amide bonds. The summed E-state index contributed by atoms with van der Waals surface area (Å²) in [4.78, 5) is 0. The van der Waals surface area contributed by atoms with E-state index in [1.807, 2.05) is 0 Å². The number of hydrazine groups is 1. The number of fused-ring (bicyclic) bond motifs is 1. The van der Waals surface area contributed by atoms with Gasteiger partial charge >= 0.3 is 0 Å². The quantitative estimate of drug-likeness (QED) is 0.627. The fourth-order valence-corrected chi connectivity index (χ4v) is 2.83. The predicted molar refractivity (Wildman–Crippen MR) is 69.2 cm³/mol. The molecule has 2 unspecified atom stereocenters. The molecule has 0 aliphatic carbocycles. The van der Waals surface area contributed by atoms with E-state index in [-0.39, 0.29) is 6.04 Å². The third-order valence-electron chi connectivity index (χ3n) is 3.91. The van der Waals surface area contributed by atoms with Crippen molar-refractivity contribution in [1.29, 1.82) is 0 Å². The molecule has 0 aromatic heterocycles. The molecule has 1 fully saturated rings. The van der Waals surface area contributed by atoms with Crippen molar-refractivity contribution in [3.8, 4) is 5.75 Å². The summed E-state index contributed by atoms with van der Waals surface area (Å²) in [6, 6.07) is 6.61. The second kappa shape index (κ2) is 5.26. The van der Waals surface area contributed by atoms with E-state index in [1.165, 1.54) is 11.1 Å². The zero-order valence-corrected chi connectivity index (χ0v) is 10.5. The molecule has 2 heterocycles. The zero-order chi connectivity index (χ0) is 12.4. The van der Waals surface area contributed by atoms with Crippen molar-refractivity contribution in [3.63, 3.8) is 0 Å². The Morgan fingerprint density at radius 2 is 2.33 bits per heavy atom. The van der Waals surface area contributed by atoms with Crippen LogP contribution in [-0.4, -0.2) is 19.8 Å². The minimum absolute atomic E-state index is 0.211. The van der Waals surface area contributed by atoms with Gasteiger partial charge in [-0.25, -0.2) is 0 Å². The average Bonchev–Trinajstić information content (AvgIpc) is 3.06. The van der Waals surface area contributed by atoms with E-state index in [1.54, 1.807) is 0 Å². The van der Waals surface area contributed by atoms with Crippen molar-refractivity contribution in [2.75, 3.05) is 19.8 Å². The molecule has 1 saturated heterocycles. The van der Waals surface area contributed by atoms with Gasteiger partial charge in [-0.3, -0.25) is 11.3 Å². The van der Waals surface area contributed by atoms with Crippen LogP contribution in [0.15, 0.2) is 18.2 Å². The molecule has 3 N–H and O–H groups in total. The van der Waals surface area contributed by atoms with Gasteiger partial charge in [-0.15, -0.1) is 0 Å². The number of hydrogen-bond acceptors (Lipinski definition) is 4. The Labute approximate surface area is 107 Å². The molecule has 98 valence electrons. The Bertz CT molecular complexity index is 416. The molecule has 0 saturated carbocycles. The van der Waals surface area contributed by atoms with Crippen LogP contribution in [-0.2, 0) is 11.2 Å². The Morgan fingerprint density at radius 3 is 3.11 bits per heavy atom. The highest BCUT2D eigenvalue weighted by Gasteiger charge is 2.22. The predicted octanol–water partition coefficient (Wildman–Crippen LogP) is 1.55. The van der Waals surface area contributed by atoms with Crippen molar-refractivity contribution in [2.24, 2.45) is 11.8 Å². The average molecular weight is 248 g/mol. The summed E-state index contributed by atoms with van der Waals surface area (Å²) in [6.45, 7) is 2.56. The van der Waals surface area contributed by atoms with Gasteiger partial charge in [-0.05, 0) is 36.0 Å². The van der Waals surface area contributed by atoms with E-state index in [0.29, 0.717) is 5.92 Å². The Balaban J connectivity index is 1.74. The van der Waals surface area contributed by atoms with Crippen LogP contribution in [0.4, 0.5) is 0 Å². The van der Waals surface area contributed by atoms with Gasteiger partial charge in [0.25, 0.3) is 0 Å². The summed E-state index contributed by atoms with van der Waals surface area (Å²) in [7, 11) is 0. The monoisotopic (exact) mass is 248 g/mol. The number of hydrogen-bond donors (Lipinski definition) is 2. The summed E-state index contributed by atoms with van der Waals surface area (Å²) in [5, 5.41) is 0. The van der Waals surface area contributed by atoms with Crippen LogP contribution in [0.25, 0.3) is 0 Å². The lowest BCUT2D eigenvalue weighted by Gasteiger charge is -2.20. The number of ether oxygens (including phenoxy) is 2. The summed E-state index contributed by atoms with van der Waals surface area (Å²) < 4.78 is 11.0. The highest BCUT2D eigenvalue weighted by atomic mass is 16.5. The molecule has 1 aromatic rings. The molecule has 0 spiro atoms. The normalized spacial score (nSPS) is 23.7. The molecule has 18 heavy (non-hydrogen) atoms. The first-order valence-corrected chi connectivity index (χ1v) is 6.66. The van der Waals surface area contributed by atoms with E-state index >= 15 is 0 Å². The van der Waals surface area contributed by atoms with E-state index in [9.17, 15) is 0 Å². The number of benzene rings is 1. The first kappa shape index (κ1) is 12.0. The minimum Gasteiger partial charge on any atom is -0.493 e. The van der Waals surface area contributed by atoms with Gasteiger partial charge in [-0.1, -0.05) is 12.1 Å². The van der Waals surface area contributed by atoms with Crippen molar-refractivity contribution >= 4 is 0 Å². The van der Waals surface area contributed by atoms with E-state index in [0.717, 1.165) is 44.8 Å². The van der Waals surface area contributed by atoms with Gasteiger partial charge < -0.3 is 9.47 Å².